The van der Waals surface area contributed by atoms with Crippen LogP contribution in [0.4, 0.5) is 15.8 Å². The van der Waals surface area contributed by atoms with Crippen LogP contribution in [0.25, 0.3) is 5.69 Å². The highest BCUT2D eigenvalue weighted by molar-refractivity contribution is 6.07. The minimum Gasteiger partial charge on any atom is -0.464 e. The number of carbonyl (C=O) groups is 2. The summed E-state index contributed by atoms with van der Waals surface area (Å²) < 4.78 is 19.2. The van der Waals surface area contributed by atoms with Crippen LogP contribution in [0.1, 0.15) is 26.4 Å². The van der Waals surface area contributed by atoms with Gasteiger partial charge >= 0.3 is 5.97 Å². The molecule has 0 atom stereocenters. The van der Waals surface area contributed by atoms with E-state index in [1.165, 1.54) is 42.1 Å². The molecule has 2 aromatic carbocycles. The van der Waals surface area contributed by atoms with Gasteiger partial charge in [0.05, 0.1) is 29.6 Å². The standard InChI is InChI=1S/C20H15FN4O3/c1-28-20(27)18-17(23)12(10-22)11-25(18)16-5-3-2-4-15(16)19(26)24-14-8-6-13(21)7-9-14/h2-9,11H,23H2,1H3,(H,24,26). The highest BCUT2D eigenvalue weighted by Gasteiger charge is 2.24. The van der Waals surface area contributed by atoms with E-state index < -0.39 is 17.7 Å². The maximum atomic E-state index is 13.1. The van der Waals surface area contributed by atoms with Crippen molar-refractivity contribution in [3.63, 3.8) is 0 Å². The minimum atomic E-state index is -0.743. The van der Waals surface area contributed by atoms with Gasteiger partial charge in [-0.25, -0.2) is 9.18 Å². The van der Waals surface area contributed by atoms with Gasteiger partial charge in [-0.15, -0.1) is 0 Å². The Morgan fingerprint density at radius 3 is 2.50 bits per heavy atom. The summed E-state index contributed by atoms with van der Waals surface area (Å²) in [6.07, 6.45) is 1.37. The molecule has 0 aliphatic carbocycles. The largest absolute Gasteiger partial charge is 0.464 e. The minimum absolute atomic E-state index is 0.0388. The summed E-state index contributed by atoms with van der Waals surface area (Å²) in [7, 11) is 1.19. The lowest BCUT2D eigenvalue weighted by molar-refractivity contribution is 0.0592. The molecule has 1 heterocycles. The zero-order valence-electron chi connectivity index (χ0n) is 14.8. The van der Waals surface area contributed by atoms with Crippen LogP contribution in [0.15, 0.2) is 54.7 Å². The van der Waals surface area contributed by atoms with E-state index in [9.17, 15) is 19.2 Å². The van der Waals surface area contributed by atoms with Gasteiger partial charge in [-0.05, 0) is 36.4 Å². The van der Waals surface area contributed by atoms with Crippen molar-refractivity contribution in [2.75, 3.05) is 18.2 Å². The SMILES string of the molecule is COC(=O)c1c(N)c(C#N)cn1-c1ccccc1C(=O)Nc1ccc(F)cc1. The Balaban J connectivity index is 2.08. The number of rotatable bonds is 4. The second kappa shape index (κ2) is 7.63. The third-order valence-electron chi connectivity index (χ3n) is 4.05. The van der Waals surface area contributed by atoms with E-state index in [2.05, 4.69) is 5.32 Å². The number of para-hydroxylation sites is 1. The number of amides is 1. The zero-order valence-corrected chi connectivity index (χ0v) is 14.8. The molecule has 0 fully saturated rings. The van der Waals surface area contributed by atoms with Crippen molar-refractivity contribution in [1.82, 2.24) is 4.57 Å². The first-order valence-electron chi connectivity index (χ1n) is 8.11. The Labute approximate surface area is 159 Å². The molecule has 0 saturated heterocycles. The summed E-state index contributed by atoms with van der Waals surface area (Å²) in [6.45, 7) is 0. The van der Waals surface area contributed by atoms with Gasteiger partial charge in [0.1, 0.15) is 11.9 Å². The normalized spacial score (nSPS) is 10.2. The molecule has 0 aliphatic rings. The molecule has 1 amide bonds. The summed E-state index contributed by atoms with van der Waals surface area (Å²) >= 11 is 0. The summed E-state index contributed by atoms with van der Waals surface area (Å²) in [6, 6.07) is 13.7. The van der Waals surface area contributed by atoms with Gasteiger partial charge in [0.2, 0.25) is 0 Å². The smallest absolute Gasteiger partial charge is 0.357 e. The van der Waals surface area contributed by atoms with Gasteiger partial charge in [0.15, 0.2) is 5.69 Å². The predicted octanol–water partition coefficient (Wildman–Crippen LogP) is 3.11. The zero-order chi connectivity index (χ0) is 20.3. The van der Waals surface area contributed by atoms with E-state index >= 15 is 0 Å². The van der Waals surface area contributed by atoms with Crippen molar-refractivity contribution in [3.05, 3.63) is 77.4 Å². The van der Waals surface area contributed by atoms with Crippen LogP contribution in [0.2, 0.25) is 0 Å². The second-order valence-corrected chi connectivity index (χ2v) is 5.76. The topological polar surface area (TPSA) is 110 Å². The van der Waals surface area contributed by atoms with Gasteiger partial charge < -0.3 is 20.4 Å². The highest BCUT2D eigenvalue weighted by Crippen LogP contribution is 2.27. The second-order valence-electron chi connectivity index (χ2n) is 5.76. The van der Waals surface area contributed by atoms with Crippen LogP contribution < -0.4 is 11.1 Å². The number of esters is 1. The van der Waals surface area contributed by atoms with Crippen LogP contribution in [0.3, 0.4) is 0 Å². The molecule has 3 aromatic rings. The van der Waals surface area contributed by atoms with Crippen molar-refractivity contribution in [2.45, 2.75) is 0 Å². The number of anilines is 2. The molecule has 28 heavy (non-hydrogen) atoms. The first-order valence-corrected chi connectivity index (χ1v) is 8.11. The molecule has 0 aliphatic heterocycles. The number of nitrogen functional groups attached to an aromatic ring is 1. The number of nitriles is 1. The highest BCUT2D eigenvalue weighted by atomic mass is 19.1. The Kier molecular flexibility index (Phi) is 5.09. The van der Waals surface area contributed by atoms with Gasteiger partial charge in [0, 0.05) is 11.9 Å². The third-order valence-corrected chi connectivity index (χ3v) is 4.05. The van der Waals surface area contributed by atoms with Crippen molar-refractivity contribution in [2.24, 2.45) is 0 Å². The Morgan fingerprint density at radius 1 is 1.18 bits per heavy atom. The average Bonchev–Trinajstić information content (AvgIpc) is 3.05. The third kappa shape index (κ3) is 3.41. The fourth-order valence-electron chi connectivity index (χ4n) is 2.71. The van der Waals surface area contributed by atoms with Crippen molar-refractivity contribution < 1.29 is 18.7 Å². The fourth-order valence-corrected chi connectivity index (χ4v) is 2.71. The monoisotopic (exact) mass is 378 g/mol. The number of ether oxygens (including phenoxy) is 1. The quantitative estimate of drug-likeness (QED) is 0.678. The molecular weight excluding hydrogens is 363 g/mol. The van der Waals surface area contributed by atoms with E-state index in [4.69, 9.17) is 10.5 Å². The number of halogens is 1. The maximum Gasteiger partial charge on any atom is 0.357 e. The number of nitrogens with zero attached hydrogens (tertiary/aromatic N) is 2. The number of nitrogens with one attached hydrogen (secondary N) is 1. The van der Waals surface area contributed by atoms with Gasteiger partial charge in [-0.2, -0.15) is 5.26 Å². The molecule has 3 N–H and O–H groups in total. The van der Waals surface area contributed by atoms with Crippen molar-refractivity contribution in [3.8, 4) is 11.8 Å². The molecule has 0 spiro atoms. The van der Waals surface area contributed by atoms with Gasteiger partial charge in [-0.1, -0.05) is 12.1 Å². The summed E-state index contributed by atoms with van der Waals surface area (Å²) in [5.41, 5.74) is 6.85. The Bertz CT molecular complexity index is 1100. The number of hydrogen-bond donors (Lipinski definition) is 2. The summed E-state index contributed by atoms with van der Waals surface area (Å²) in [5.74, 6) is -1.65. The molecular formula is C20H15FN4O3. The van der Waals surface area contributed by atoms with Crippen LogP contribution in [-0.2, 0) is 4.74 Å². The molecule has 3 rings (SSSR count). The molecule has 0 unspecified atom stereocenters. The number of methoxy groups -OCH3 is 1. The fraction of sp³-hybridized carbons (Fsp3) is 0.0500. The number of nitrogens with two attached hydrogens (primary N) is 1. The van der Waals surface area contributed by atoms with E-state index in [1.54, 1.807) is 24.3 Å². The number of hydrogen-bond acceptors (Lipinski definition) is 5. The first-order chi connectivity index (χ1) is 13.5. The lowest BCUT2D eigenvalue weighted by Crippen LogP contribution is -2.17. The predicted molar refractivity (Wildman–Crippen MR) is 101 cm³/mol. The molecule has 8 heteroatoms. The van der Waals surface area contributed by atoms with Crippen LogP contribution in [-0.4, -0.2) is 23.6 Å². The van der Waals surface area contributed by atoms with Crippen LogP contribution in [0, 0.1) is 17.1 Å². The van der Waals surface area contributed by atoms with Crippen molar-refractivity contribution >= 4 is 23.3 Å². The van der Waals surface area contributed by atoms with E-state index in [0.29, 0.717) is 11.4 Å². The van der Waals surface area contributed by atoms with E-state index in [1.807, 2.05) is 6.07 Å². The Hall–Kier alpha value is -4.12. The Morgan fingerprint density at radius 2 is 1.86 bits per heavy atom. The summed E-state index contributed by atoms with van der Waals surface area (Å²) in [5, 5.41) is 11.9. The maximum absolute atomic E-state index is 13.1. The average molecular weight is 378 g/mol. The molecule has 140 valence electrons. The van der Waals surface area contributed by atoms with E-state index in [-0.39, 0.29) is 22.5 Å². The molecule has 1 aromatic heterocycles. The molecule has 0 bridgehead atoms. The first kappa shape index (κ1) is 18.7. The lowest BCUT2D eigenvalue weighted by atomic mass is 10.1. The number of aromatic nitrogens is 1. The lowest BCUT2D eigenvalue weighted by Gasteiger charge is -2.13. The van der Waals surface area contributed by atoms with Crippen LogP contribution >= 0.6 is 0 Å². The molecule has 0 saturated carbocycles. The summed E-state index contributed by atoms with van der Waals surface area (Å²) in [4.78, 5) is 25.0. The molecule has 7 nitrogen and oxygen atoms in total. The van der Waals surface area contributed by atoms with Gasteiger partial charge in [0.25, 0.3) is 5.91 Å². The number of carbonyl (C=O) groups excluding carboxylic acids is 2. The number of benzene rings is 2. The van der Waals surface area contributed by atoms with Crippen molar-refractivity contribution in [1.29, 1.82) is 5.26 Å². The van der Waals surface area contributed by atoms with E-state index in [0.717, 1.165) is 0 Å². The molecule has 0 radical (unpaired) electrons. The van der Waals surface area contributed by atoms with Gasteiger partial charge in [-0.3, -0.25) is 4.79 Å². The van der Waals surface area contributed by atoms with Crippen LogP contribution in [0.5, 0.6) is 0 Å².